The minimum absolute atomic E-state index is 0.193. The number of carbonyl (C=O) groups excluding carboxylic acids is 1. The lowest BCUT2D eigenvalue weighted by atomic mass is 10.2. The van der Waals surface area contributed by atoms with Crippen molar-refractivity contribution in [1.29, 1.82) is 0 Å². The van der Waals surface area contributed by atoms with E-state index in [2.05, 4.69) is 15.4 Å². The first-order valence-corrected chi connectivity index (χ1v) is 8.74. The third-order valence-corrected chi connectivity index (χ3v) is 4.23. The van der Waals surface area contributed by atoms with Crippen LogP contribution in [0.1, 0.15) is 28.9 Å². The lowest BCUT2D eigenvalue weighted by molar-refractivity contribution is 0.102. The van der Waals surface area contributed by atoms with Crippen LogP contribution in [0.5, 0.6) is 5.75 Å². The van der Waals surface area contributed by atoms with Gasteiger partial charge >= 0.3 is 0 Å². The summed E-state index contributed by atoms with van der Waals surface area (Å²) < 4.78 is 7.43. The van der Waals surface area contributed by atoms with Crippen molar-refractivity contribution >= 4 is 11.7 Å². The molecule has 0 bridgehead atoms. The molecule has 1 amide bonds. The van der Waals surface area contributed by atoms with Crippen LogP contribution in [-0.2, 0) is 6.54 Å². The molecule has 1 fully saturated rings. The second kappa shape index (κ2) is 7.39. The molecular weight excluding hydrogens is 328 g/mol. The van der Waals surface area contributed by atoms with E-state index in [9.17, 15) is 4.79 Å². The van der Waals surface area contributed by atoms with Crippen molar-refractivity contribution in [2.75, 3.05) is 11.9 Å². The number of hydrogen-bond acceptors (Lipinski definition) is 4. The van der Waals surface area contributed by atoms with E-state index in [4.69, 9.17) is 4.74 Å². The van der Waals surface area contributed by atoms with Gasteiger partial charge in [0.25, 0.3) is 5.91 Å². The van der Waals surface area contributed by atoms with Crippen LogP contribution in [0.3, 0.4) is 0 Å². The Morgan fingerprint density at radius 3 is 2.73 bits per heavy atom. The van der Waals surface area contributed by atoms with Gasteiger partial charge in [0, 0.05) is 24.0 Å². The summed E-state index contributed by atoms with van der Waals surface area (Å²) in [5.74, 6) is 1.83. The second-order valence-electron chi connectivity index (χ2n) is 6.45. The molecule has 4 rings (SSSR count). The van der Waals surface area contributed by atoms with E-state index < -0.39 is 0 Å². The Hall–Kier alpha value is -3.15. The fourth-order valence-corrected chi connectivity index (χ4v) is 2.56. The number of benzene rings is 1. The van der Waals surface area contributed by atoms with Gasteiger partial charge in [-0.25, -0.2) is 0 Å². The standard InChI is InChI=1S/C20H20N4O2/c25-20(16-6-8-18(9-7-16)26-14-15-4-5-15)22-19-10-12-24(23-19)13-17-3-1-2-11-21-17/h1-3,6-12,15H,4-5,13-14H2,(H,22,23,25). The molecular formula is C20H20N4O2. The van der Waals surface area contributed by atoms with E-state index in [1.165, 1.54) is 12.8 Å². The number of anilines is 1. The number of pyridine rings is 1. The number of nitrogens with one attached hydrogen (secondary N) is 1. The maximum atomic E-state index is 12.4. The Kier molecular flexibility index (Phi) is 4.64. The highest BCUT2D eigenvalue weighted by atomic mass is 16.5. The van der Waals surface area contributed by atoms with Gasteiger partial charge in [0.1, 0.15) is 5.75 Å². The number of nitrogens with zero attached hydrogens (tertiary/aromatic N) is 3. The molecule has 2 aromatic heterocycles. The van der Waals surface area contributed by atoms with Crippen molar-refractivity contribution in [1.82, 2.24) is 14.8 Å². The first kappa shape index (κ1) is 16.3. The predicted molar refractivity (Wildman–Crippen MR) is 98.2 cm³/mol. The van der Waals surface area contributed by atoms with Crippen LogP contribution in [0.4, 0.5) is 5.82 Å². The van der Waals surface area contributed by atoms with Crippen LogP contribution in [-0.4, -0.2) is 27.3 Å². The van der Waals surface area contributed by atoms with Crippen LogP contribution < -0.4 is 10.1 Å². The molecule has 26 heavy (non-hydrogen) atoms. The summed E-state index contributed by atoms with van der Waals surface area (Å²) in [7, 11) is 0. The fourth-order valence-electron chi connectivity index (χ4n) is 2.56. The molecule has 2 heterocycles. The monoisotopic (exact) mass is 348 g/mol. The number of aromatic nitrogens is 3. The molecule has 0 spiro atoms. The summed E-state index contributed by atoms with van der Waals surface area (Å²) in [5.41, 5.74) is 1.48. The average Bonchev–Trinajstić information content (AvgIpc) is 3.41. The van der Waals surface area contributed by atoms with Gasteiger partial charge in [0.2, 0.25) is 0 Å². The Labute approximate surface area is 151 Å². The topological polar surface area (TPSA) is 69.0 Å². The van der Waals surface area contributed by atoms with Gasteiger partial charge in [-0.15, -0.1) is 0 Å². The van der Waals surface area contributed by atoms with Crippen molar-refractivity contribution in [2.45, 2.75) is 19.4 Å². The average molecular weight is 348 g/mol. The molecule has 6 heteroatoms. The molecule has 3 aromatic rings. The molecule has 132 valence electrons. The smallest absolute Gasteiger partial charge is 0.256 e. The molecule has 1 N–H and O–H groups in total. The van der Waals surface area contributed by atoms with E-state index in [0.29, 0.717) is 23.8 Å². The first-order valence-electron chi connectivity index (χ1n) is 8.74. The third-order valence-electron chi connectivity index (χ3n) is 4.23. The number of hydrogen-bond donors (Lipinski definition) is 1. The van der Waals surface area contributed by atoms with E-state index in [1.54, 1.807) is 29.1 Å². The lowest BCUT2D eigenvalue weighted by Crippen LogP contribution is -2.13. The van der Waals surface area contributed by atoms with Crippen LogP contribution >= 0.6 is 0 Å². The van der Waals surface area contributed by atoms with Crippen molar-refractivity contribution in [2.24, 2.45) is 5.92 Å². The minimum Gasteiger partial charge on any atom is -0.493 e. The zero-order valence-electron chi connectivity index (χ0n) is 14.3. The molecule has 0 radical (unpaired) electrons. The molecule has 0 unspecified atom stereocenters. The Morgan fingerprint density at radius 1 is 1.15 bits per heavy atom. The van der Waals surface area contributed by atoms with E-state index in [0.717, 1.165) is 18.1 Å². The maximum absolute atomic E-state index is 12.4. The van der Waals surface area contributed by atoms with Gasteiger partial charge in [-0.1, -0.05) is 6.07 Å². The molecule has 0 atom stereocenters. The Morgan fingerprint density at radius 2 is 2.00 bits per heavy atom. The van der Waals surface area contributed by atoms with Gasteiger partial charge in [-0.3, -0.25) is 14.5 Å². The van der Waals surface area contributed by atoms with E-state index in [1.807, 2.05) is 36.5 Å². The molecule has 1 aliphatic rings. The van der Waals surface area contributed by atoms with Crippen molar-refractivity contribution in [3.8, 4) is 5.75 Å². The van der Waals surface area contributed by atoms with Crippen LogP contribution in [0.2, 0.25) is 0 Å². The van der Waals surface area contributed by atoms with Gasteiger partial charge in [-0.2, -0.15) is 5.10 Å². The summed E-state index contributed by atoms with van der Waals surface area (Å²) >= 11 is 0. The van der Waals surface area contributed by atoms with Gasteiger partial charge < -0.3 is 10.1 Å². The fraction of sp³-hybridized carbons (Fsp3) is 0.250. The van der Waals surface area contributed by atoms with Gasteiger partial charge in [0.15, 0.2) is 5.82 Å². The van der Waals surface area contributed by atoms with Crippen molar-refractivity contribution in [3.63, 3.8) is 0 Å². The van der Waals surface area contributed by atoms with E-state index >= 15 is 0 Å². The number of ether oxygens (including phenoxy) is 1. The molecule has 6 nitrogen and oxygen atoms in total. The SMILES string of the molecule is O=C(Nc1ccn(Cc2ccccn2)n1)c1ccc(OCC2CC2)cc1. The highest BCUT2D eigenvalue weighted by Gasteiger charge is 2.21. The predicted octanol–water partition coefficient (Wildman–Crippen LogP) is 3.37. The molecule has 1 saturated carbocycles. The highest BCUT2D eigenvalue weighted by Crippen LogP contribution is 2.29. The second-order valence-corrected chi connectivity index (χ2v) is 6.45. The summed E-state index contributed by atoms with van der Waals surface area (Å²) in [4.78, 5) is 16.6. The molecule has 0 saturated heterocycles. The van der Waals surface area contributed by atoms with Crippen LogP contribution in [0, 0.1) is 5.92 Å². The van der Waals surface area contributed by atoms with Crippen LogP contribution in [0.15, 0.2) is 60.9 Å². The summed E-state index contributed by atoms with van der Waals surface area (Å²) in [6.45, 7) is 1.32. The minimum atomic E-state index is -0.193. The van der Waals surface area contributed by atoms with Crippen LogP contribution in [0.25, 0.3) is 0 Å². The normalized spacial score (nSPS) is 13.4. The summed E-state index contributed by atoms with van der Waals surface area (Å²) in [6.07, 6.45) is 6.08. The Bertz CT molecular complexity index is 870. The summed E-state index contributed by atoms with van der Waals surface area (Å²) in [6, 6.07) is 14.7. The summed E-state index contributed by atoms with van der Waals surface area (Å²) in [5, 5.41) is 7.18. The van der Waals surface area contributed by atoms with Crippen molar-refractivity contribution in [3.05, 3.63) is 72.2 Å². The molecule has 1 aliphatic carbocycles. The largest absolute Gasteiger partial charge is 0.493 e. The Balaban J connectivity index is 1.34. The zero-order valence-corrected chi connectivity index (χ0v) is 14.3. The quantitative estimate of drug-likeness (QED) is 0.711. The highest BCUT2D eigenvalue weighted by molar-refractivity contribution is 6.03. The maximum Gasteiger partial charge on any atom is 0.256 e. The van der Waals surface area contributed by atoms with Gasteiger partial charge in [0.05, 0.1) is 18.8 Å². The number of amides is 1. The van der Waals surface area contributed by atoms with Gasteiger partial charge in [-0.05, 0) is 55.2 Å². The lowest BCUT2D eigenvalue weighted by Gasteiger charge is -2.06. The first-order chi connectivity index (χ1) is 12.8. The number of rotatable bonds is 7. The molecule has 1 aromatic carbocycles. The van der Waals surface area contributed by atoms with E-state index in [-0.39, 0.29) is 5.91 Å². The third kappa shape index (κ3) is 4.27. The number of carbonyl (C=O) groups is 1. The van der Waals surface area contributed by atoms with Crippen molar-refractivity contribution < 1.29 is 9.53 Å². The zero-order chi connectivity index (χ0) is 17.8. The molecule has 0 aliphatic heterocycles.